The van der Waals surface area contributed by atoms with E-state index in [1.807, 2.05) is 11.8 Å². The Balaban J connectivity index is 0.00000529. The number of likely N-dealkylation sites (tertiary alicyclic amines) is 1. The van der Waals surface area contributed by atoms with E-state index in [-0.39, 0.29) is 36.4 Å². The molecular weight excluding hydrogens is 417 g/mol. The molecule has 1 aliphatic rings. The second-order valence-electron chi connectivity index (χ2n) is 5.94. The van der Waals surface area contributed by atoms with E-state index >= 15 is 0 Å². The molecule has 0 aromatic carbocycles. The van der Waals surface area contributed by atoms with Crippen LogP contribution in [0, 0.1) is 0 Å². The van der Waals surface area contributed by atoms with Crippen LogP contribution in [0.15, 0.2) is 4.99 Å². The first kappa shape index (κ1) is 23.4. The molecule has 1 heterocycles. The van der Waals surface area contributed by atoms with Crippen molar-refractivity contribution in [2.24, 2.45) is 4.99 Å². The Bertz CT molecular complexity index is 355. The van der Waals surface area contributed by atoms with E-state index in [2.05, 4.69) is 34.4 Å². The number of hydrogen-bond acceptors (Lipinski definition) is 3. The zero-order valence-corrected chi connectivity index (χ0v) is 18.0. The van der Waals surface area contributed by atoms with Gasteiger partial charge in [-0.15, -0.1) is 24.0 Å². The van der Waals surface area contributed by atoms with Gasteiger partial charge in [0.05, 0.1) is 0 Å². The first-order valence-corrected chi connectivity index (χ1v) is 9.23. The SMILES string of the molecule is CCNC(=NCC(=O)N1CCCC1)NCCCCN(CC)CC.I. The monoisotopic (exact) mass is 453 g/mol. The molecule has 0 atom stereocenters. The van der Waals surface area contributed by atoms with Gasteiger partial charge in [-0.05, 0) is 52.2 Å². The largest absolute Gasteiger partial charge is 0.357 e. The minimum absolute atomic E-state index is 0. The molecular formula is C17H36IN5O. The lowest BCUT2D eigenvalue weighted by atomic mass is 10.3. The lowest BCUT2D eigenvalue weighted by Crippen LogP contribution is -2.39. The fourth-order valence-corrected chi connectivity index (χ4v) is 2.76. The summed E-state index contributed by atoms with van der Waals surface area (Å²) in [5.74, 6) is 0.893. The third-order valence-corrected chi connectivity index (χ3v) is 4.26. The molecule has 2 N–H and O–H groups in total. The molecule has 0 aliphatic carbocycles. The number of amides is 1. The van der Waals surface area contributed by atoms with Crippen LogP contribution in [-0.4, -0.2) is 74.0 Å². The van der Waals surface area contributed by atoms with E-state index < -0.39 is 0 Å². The van der Waals surface area contributed by atoms with Crippen molar-refractivity contribution in [2.45, 2.75) is 46.5 Å². The third kappa shape index (κ3) is 9.66. The van der Waals surface area contributed by atoms with Crippen LogP contribution in [0.2, 0.25) is 0 Å². The average molecular weight is 453 g/mol. The van der Waals surface area contributed by atoms with E-state index in [9.17, 15) is 4.79 Å². The van der Waals surface area contributed by atoms with Gasteiger partial charge in [0.15, 0.2) is 5.96 Å². The molecule has 0 bridgehead atoms. The van der Waals surface area contributed by atoms with Gasteiger partial charge in [-0.25, -0.2) is 4.99 Å². The second-order valence-corrected chi connectivity index (χ2v) is 5.94. The van der Waals surface area contributed by atoms with Crippen molar-refractivity contribution in [1.29, 1.82) is 0 Å². The summed E-state index contributed by atoms with van der Waals surface area (Å²) in [5.41, 5.74) is 0. The Hall–Kier alpha value is -0.570. The fourth-order valence-electron chi connectivity index (χ4n) is 2.76. The molecule has 0 spiro atoms. The highest BCUT2D eigenvalue weighted by Crippen LogP contribution is 2.07. The van der Waals surface area contributed by atoms with Gasteiger partial charge in [0, 0.05) is 26.2 Å². The van der Waals surface area contributed by atoms with Crippen LogP contribution in [0.5, 0.6) is 0 Å². The van der Waals surface area contributed by atoms with Crippen LogP contribution >= 0.6 is 24.0 Å². The van der Waals surface area contributed by atoms with Crippen LogP contribution in [0.1, 0.15) is 46.5 Å². The predicted molar refractivity (Wildman–Crippen MR) is 112 cm³/mol. The molecule has 1 rings (SSSR count). The number of carbonyl (C=O) groups excluding carboxylic acids is 1. The molecule has 142 valence electrons. The Kier molecular flexibility index (Phi) is 14.4. The number of unbranched alkanes of at least 4 members (excludes halogenated alkanes) is 1. The molecule has 1 saturated heterocycles. The average Bonchev–Trinajstić information content (AvgIpc) is 3.10. The van der Waals surface area contributed by atoms with Gasteiger partial charge in [0.2, 0.25) is 5.91 Å². The number of hydrogen-bond donors (Lipinski definition) is 2. The maximum atomic E-state index is 12.0. The van der Waals surface area contributed by atoms with Crippen molar-refractivity contribution in [1.82, 2.24) is 20.4 Å². The van der Waals surface area contributed by atoms with Gasteiger partial charge in [-0.1, -0.05) is 13.8 Å². The fraction of sp³-hybridized carbons (Fsp3) is 0.882. The van der Waals surface area contributed by atoms with Crippen LogP contribution in [0.4, 0.5) is 0 Å². The van der Waals surface area contributed by atoms with Crippen LogP contribution < -0.4 is 10.6 Å². The Morgan fingerprint density at radius 2 is 1.75 bits per heavy atom. The molecule has 1 amide bonds. The number of guanidine groups is 1. The van der Waals surface area contributed by atoms with Gasteiger partial charge < -0.3 is 20.4 Å². The summed E-state index contributed by atoms with van der Waals surface area (Å²) in [6.45, 7) is 13.6. The van der Waals surface area contributed by atoms with Crippen molar-refractivity contribution in [3.05, 3.63) is 0 Å². The Labute approximate surface area is 164 Å². The lowest BCUT2D eigenvalue weighted by molar-refractivity contribution is -0.128. The van der Waals surface area contributed by atoms with Crippen molar-refractivity contribution in [3.63, 3.8) is 0 Å². The van der Waals surface area contributed by atoms with Crippen molar-refractivity contribution < 1.29 is 4.79 Å². The smallest absolute Gasteiger partial charge is 0.244 e. The molecule has 1 aliphatic heterocycles. The highest BCUT2D eigenvalue weighted by molar-refractivity contribution is 14.0. The summed E-state index contributed by atoms with van der Waals surface area (Å²) in [4.78, 5) is 20.8. The number of rotatable bonds is 10. The normalized spacial score (nSPS) is 14.7. The zero-order chi connectivity index (χ0) is 16.9. The van der Waals surface area contributed by atoms with Crippen molar-refractivity contribution >= 4 is 35.8 Å². The molecule has 0 radical (unpaired) electrons. The van der Waals surface area contributed by atoms with Gasteiger partial charge in [-0.3, -0.25) is 4.79 Å². The molecule has 1 fully saturated rings. The molecule has 7 heteroatoms. The topological polar surface area (TPSA) is 60.0 Å². The zero-order valence-electron chi connectivity index (χ0n) is 15.6. The summed E-state index contributed by atoms with van der Waals surface area (Å²) < 4.78 is 0. The maximum absolute atomic E-state index is 12.0. The number of aliphatic imine (C=N–C) groups is 1. The molecule has 0 aromatic rings. The summed E-state index contributed by atoms with van der Waals surface area (Å²) in [5, 5.41) is 6.53. The molecule has 0 aromatic heterocycles. The van der Waals surface area contributed by atoms with Gasteiger partial charge in [0.1, 0.15) is 6.54 Å². The van der Waals surface area contributed by atoms with Crippen LogP contribution in [-0.2, 0) is 4.79 Å². The minimum atomic E-state index is 0. The maximum Gasteiger partial charge on any atom is 0.244 e. The third-order valence-electron chi connectivity index (χ3n) is 4.26. The van der Waals surface area contributed by atoms with E-state index in [1.54, 1.807) is 0 Å². The molecule has 0 unspecified atom stereocenters. The summed E-state index contributed by atoms with van der Waals surface area (Å²) >= 11 is 0. The molecule has 0 saturated carbocycles. The van der Waals surface area contributed by atoms with Gasteiger partial charge >= 0.3 is 0 Å². The highest BCUT2D eigenvalue weighted by atomic mass is 127. The van der Waals surface area contributed by atoms with E-state index in [0.29, 0.717) is 0 Å². The van der Waals surface area contributed by atoms with E-state index in [4.69, 9.17) is 0 Å². The minimum Gasteiger partial charge on any atom is -0.357 e. The quantitative estimate of drug-likeness (QED) is 0.230. The Morgan fingerprint density at radius 3 is 2.33 bits per heavy atom. The number of nitrogens with one attached hydrogen (secondary N) is 2. The van der Waals surface area contributed by atoms with Gasteiger partial charge in [-0.2, -0.15) is 0 Å². The second kappa shape index (κ2) is 14.7. The van der Waals surface area contributed by atoms with Crippen molar-refractivity contribution in [2.75, 3.05) is 52.4 Å². The first-order valence-electron chi connectivity index (χ1n) is 9.23. The first-order chi connectivity index (χ1) is 11.2. The van der Waals surface area contributed by atoms with Gasteiger partial charge in [0.25, 0.3) is 0 Å². The lowest BCUT2D eigenvalue weighted by Gasteiger charge is -2.18. The summed E-state index contributed by atoms with van der Waals surface area (Å²) in [7, 11) is 0. The highest BCUT2D eigenvalue weighted by Gasteiger charge is 2.17. The standard InChI is InChI=1S/C17H35N5O.HI/c1-4-18-17(19-11-7-8-12-21(5-2)6-3)20-15-16(23)22-13-9-10-14-22;/h4-15H2,1-3H3,(H2,18,19,20);1H. The van der Waals surface area contributed by atoms with E-state index in [0.717, 1.165) is 71.0 Å². The number of nitrogens with zero attached hydrogens (tertiary/aromatic N) is 3. The molecule has 6 nitrogen and oxygen atoms in total. The summed E-state index contributed by atoms with van der Waals surface area (Å²) in [6.07, 6.45) is 4.54. The Morgan fingerprint density at radius 1 is 1.08 bits per heavy atom. The molecule has 24 heavy (non-hydrogen) atoms. The van der Waals surface area contributed by atoms with Crippen LogP contribution in [0.25, 0.3) is 0 Å². The number of halogens is 1. The van der Waals surface area contributed by atoms with E-state index in [1.165, 1.54) is 6.42 Å². The number of carbonyl (C=O) groups is 1. The van der Waals surface area contributed by atoms with Crippen molar-refractivity contribution in [3.8, 4) is 0 Å². The predicted octanol–water partition coefficient (Wildman–Crippen LogP) is 1.90. The van der Waals surface area contributed by atoms with Crippen LogP contribution in [0.3, 0.4) is 0 Å². The summed E-state index contributed by atoms with van der Waals surface area (Å²) in [6, 6.07) is 0.